The van der Waals surface area contributed by atoms with Gasteiger partial charge < -0.3 is 37.9 Å². The van der Waals surface area contributed by atoms with E-state index in [9.17, 15) is 0 Å². The van der Waals surface area contributed by atoms with E-state index in [0.717, 1.165) is 34.1 Å². The fourth-order valence-electron chi connectivity index (χ4n) is 5.77. The summed E-state index contributed by atoms with van der Waals surface area (Å²) in [5.41, 5.74) is 0. The lowest BCUT2D eigenvalue weighted by molar-refractivity contribution is 0.356. The molecule has 0 bridgehead atoms. The first-order valence-corrected chi connectivity index (χ1v) is 17.7. The molecule has 0 saturated heterocycles. The minimum atomic E-state index is -1.24. The molecule has 0 fully saturated rings. The van der Waals surface area contributed by atoms with Gasteiger partial charge in [0.1, 0.15) is 0 Å². The number of hydrogen-bond donors (Lipinski definition) is 0. The van der Waals surface area contributed by atoms with E-state index in [0.29, 0.717) is 46.0 Å². The zero-order valence-corrected chi connectivity index (χ0v) is 29.9. The second-order valence-corrected chi connectivity index (χ2v) is 15.1. The quantitative estimate of drug-likeness (QED) is 0.127. The predicted molar refractivity (Wildman–Crippen MR) is 189 cm³/mol. The summed E-state index contributed by atoms with van der Waals surface area (Å²) in [7, 11) is 10.9. The van der Waals surface area contributed by atoms with Crippen LogP contribution in [-0.4, -0.2) is 62.3 Å². The smallest absolute Gasteiger partial charge is 0.168 e. The van der Waals surface area contributed by atoms with Crippen LogP contribution in [0.1, 0.15) is 19.8 Å². The average molecular weight is 667 g/mol. The second-order valence-electron chi connectivity index (χ2n) is 10.1. The van der Waals surface area contributed by atoms with Crippen LogP contribution in [-0.2, 0) is 0 Å². The maximum atomic E-state index is 6.12. The van der Waals surface area contributed by atoms with E-state index in [2.05, 4.69) is 31.2 Å². The molecular formula is C36H44O8P2. The van der Waals surface area contributed by atoms with Crippen LogP contribution in [0.25, 0.3) is 0 Å². The van der Waals surface area contributed by atoms with Crippen LogP contribution in [0.2, 0.25) is 0 Å². The number of methoxy groups -OCH3 is 8. The van der Waals surface area contributed by atoms with Crippen molar-refractivity contribution < 1.29 is 37.9 Å². The molecule has 0 atom stereocenters. The maximum absolute atomic E-state index is 6.12. The first-order chi connectivity index (χ1) is 22.5. The second kappa shape index (κ2) is 16.6. The first-order valence-electron chi connectivity index (χ1n) is 14.9. The number of benzene rings is 4. The van der Waals surface area contributed by atoms with Gasteiger partial charge in [-0.25, -0.2) is 0 Å². The Morgan fingerprint density at radius 2 is 0.674 bits per heavy atom. The van der Waals surface area contributed by atoms with Gasteiger partial charge >= 0.3 is 0 Å². The Bertz CT molecular complexity index is 1370. The minimum Gasteiger partial charge on any atom is -0.493 e. The van der Waals surface area contributed by atoms with Crippen LogP contribution in [0.3, 0.4) is 0 Å². The lowest BCUT2D eigenvalue weighted by Crippen LogP contribution is -2.30. The van der Waals surface area contributed by atoms with Crippen molar-refractivity contribution in [2.75, 3.05) is 56.9 Å². The van der Waals surface area contributed by atoms with E-state index < -0.39 is 15.8 Å². The van der Waals surface area contributed by atoms with Gasteiger partial charge in [-0.15, -0.1) is 0 Å². The molecule has 246 valence electrons. The van der Waals surface area contributed by atoms with E-state index in [-0.39, 0.29) is 5.40 Å². The molecule has 0 aliphatic rings. The summed E-state index contributed by atoms with van der Waals surface area (Å²) >= 11 is 0. The van der Waals surface area contributed by atoms with Crippen molar-refractivity contribution in [2.45, 2.75) is 25.2 Å². The zero-order chi connectivity index (χ0) is 33.2. The molecule has 8 nitrogen and oxygen atoms in total. The van der Waals surface area contributed by atoms with Gasteiger partial charge in [0, 0.05) is 26.6 Å². The van der Waals surface area contributed by atoms with E-state index in [4.69, 9.17) is 37.9 Å². The predicted octanol–water partition coefficient (Wildman–Crippen LogP) is 6.45. The number of para-hydroxylation sites is 4. The summed E-state index contributed by atoms with van der Waals surface area (Å²) < 4.78 is 47.8. The third-order valence-corrected chi connectivity index (χ3v) is 14.3. The van der Waals surface area contributed by atoms with Crippen molar-refractivity contribution in [1.29, 1.82) is 0 Å². The topological polar surface area (TPSA) is 73.8 Å². The summed E-state index contributed by atoms with van der Waals surface area (Å²) in [6, 6.07) is 24.3. The van der Waals surface area contributed by atoms with Gasteiger partial charge in [-0.1, -0.05) is 61.9 Å². The lowest BCUT2D eigenvalue weighted by atomic mass is 10.3. The maximum Gasteiger partial charge on any atom is 0.168 e. The Labute approximate surface area is 275 Å². The van der Waals surface area contributed by atoms with Crippen molar-refractivity contribution in [1.82, 2.24) is 0 Å². The summed E-state index contributed by atoms with van der Waals surface area (Å²) in [6.45, 7) is 2.21. The van der Waals surface area contributed by atoms with Crippen molar-refractivity contribution in [3.63, 3.8) is 0 Å². The van der Waals surface area contributed by atoms with Crippen LogP contribution < -0.4 is 59.1 Å². The van der Waals surface area contributed by atoms with Crippen molar-refractivity contribution in [2.24, 2.45) is 0 Å². The largest absolute Gasteiger partial charge is 0.493 e. The van der Waals surface area contributed by atoms with Gasteiger partial charge in [-0.2, -0.15) is 0 Å². The fourth-order valence-corrected chi connectivity index (χ4v) is 13.7. The van der Waals surface area contributed by atoms with Crippen molar-refractivity contribution in [3.8, 4) is 46.0 Å². The summed E-state index contributed by atoms with van der Waals surface area (Å²) in [5, 5.41) is 4.12. The molecule has 0 N–H and O–H groups in total. The first kappa shape index (κ1) is 35.0. The third-order valence-electron chi connectivity index (χ3n) is 7.71. The zero-order valence-electron chi connectivity index (χ0n) is 28.1. The number of rotatable bonds is 16. The molecule has 0 aliphatic heterocycles. The number of ether oxygens (including phenoxy) is 8. The molecule has 10 heteroatoms. The van der Waals surface area contributed by atoms with Crippen LogP contribution >= 0.6 is 15.8 Å². The van der Waals surface area contributed by atoms with Gasteiger partial charge in [0.2, 0.25) is 0 Å². The van der Waals surface area contributed by atoms with E-state index in [1.165, 1.54) is 0 Å². The Balaban J connectivity index is 2.21. The van der Waals surface area contributed by atoms with E-state index in [1.807, 2.05) is 48.5 Å². The van der Waals surface area contributed by atoms with Gasteiger partial charge in [0.15, 0.2) is 46.0 Å². The Hall–Kier alpha value is -3.86. The summed E-state index contributed by atoms with van der Waals surface area (Å²) in [5.74, 6) is 5.39. The molecule has 0 amide bonds. The molecule has 0 spiro atoms. The molecular weight excluding hydrogens is 622 g/mol. The highest BCUT2D eigenvalue weighted by atomic mass is 31.2. The van der Waals surface area contributed by atoms with Gasteiger partial charge in [0.25, 0.3) is 0 Å². The molecule has 0 heterocycles. The SMILES string of the molecule is CCCC(P(c1cccc(OC)c1OC)c1cccc(OC)c1OC)P(c1cccc(OC)c1OC)c1cccc(OC)c1OC. The van der Waals surface area contributed by atoms with Crippen LogP contribution in [0, 0.1) is 0 Å². The van der Waals surface area contributed by atoms with Crippen molar-refractivity contribution >= 4 is 37.1 Å². The van der Waals surface area contributed by atoms with Crippen molar-refractivity contribution in [3.05, 3.63) is 72.8 Å². The molecule has 0 aromatic heterocycles. The molecule has 0 radical (unpaired) electrons. The van der Waals surface area contributed by atoms with E-state index >= 15 is 0 Å². The van der Waals surface area contributed by atoms with Gasteiger partial charge in [0.05, 0.1) is 56.9 Å². The molecule has 4 aromatic carbocycles. The summed E-state index contributed by atoms with van der Waals surface area (Å²) in [6.07, 6.45) is 1.78. The van der Waals surface area contributed by atoms with Crippen LogP contribution in [0.15, 0.2) is 72.8 Å². The molecule has 0 unspecified atom stereocenters. The molecule has 46 heavy (non-hydrogen) atoms. The Morgan fingerprint density at radius 3 is 0.870 bits per heavy atom. The normalized spacial score (nSPS) is 11.0. The molecule has 0 aliphatic carbocycles. The average Bonchev–Trinajstić information content (AvgIpc) is 3.10. The highest BCUT2D eigenvalue weighted by Gasteiger charge is 2.40. The molecule has 4 aromatic rings. The number of hydrogen-bond acceptors (Lipinski definition) is 8. The van der Waals surface area contributed by atoms with Crippen LogP contribution in [0.5, 0.6) is 46.0 Å². The minimum absolute atomic E-state index is 0.0130. The third kappa shape index (κ3) is 6.79. The monoisotopic (exact) mass is 666 g/mol. The van der Waals surface area contributed by atoms with E-state index in [1.54, 1.807) is 56.9 Å². The fraction of sp³-hybridized carbons (Fsp3) is 0.333. The highest BCUT2D eigenvalue weighted by Crippen LogP contribution is 2.63. The summed E-state index contributed by atoms with van der Waals surface area (Å²) in [4.78, 5) is 0. The van der Waals surface area contributed by atoms with Gasteiger partial charge in [-0.3, -0.25) is 0 Å². The Kier molecular flexibility index (Phi) is 12.7. The lowest BCUT2D eigenvalue weighted by Gasteiger charge is -2.38. The Morgan fingerprint density at radius 1 is 0.413 bits per heavy atom. The molecule has 0 saturated carbocycles. The highest BCUT2D eigenvalue weighted by molar-refractivity contribution is 7.90. The van der Waals surface area contributed by atoms with Crippen LogP contribution in [0.4, 0.5) is 0 Å². The standard InChI is InChI=1S/C36H44O8P2/c1-10-15-32(45(28-20-11-16-24(37-2)33(28)41-6)29-21-12-17-25(38-3)34(29)42-7)46(30-22-13-18-26(39-4)35(30)43-8)31-23-14-19-27(40-5)36(31)44-9/h11-14,16-23,32H,10,15H2,1-9H3. The van der Waals surface area contributed by atoms with Gasteiger partial charge in [-0.05, 0) is 46.5 Å². The molecule has 4 rings (SSSR count).